The Balaban J connectivity index is 2.64. The molecule has 12 heavy (non-hydrogen) atoms. The van der Waals surface area contributed by atoms with E-state index in [0.717, 1.165) is 11.4 Å². The van der Waals surface area contributed by atoms with E-state index in [-0.39, 0.29) is 6.54 Å². The van der Waals surface area contributed by atoms with Crippen LogP contribution in [-0.2, 0) is 13.5 Å². The zero-order valence-electron chi connectivity index (χ0n) is 7.49. The van der Waals surface area contributed by atoms with Crippen molar-refractivity contribution in [1.82, 2.24) is 9.78 Å². The monoisotopic (exact) mass is 169 g/mol. The van der Waals surface area contributed by atoms with Crippen LogP contribution < -0.4 is 5.73 Å². The maximum atomic E-state index is 9.24. The van der Waals surface area contributed by atoms with E-state index < -0.39 is 6.10 Å². The molecule has 0 aliphatic carbocycles. The lowest BCUT2D eigenvalue weighted by Crippen LogP contribution is -2.22. The van der Waals surface area contributed by atoms with Gasteiger partial charge in [0.05, 0.1) is 11.8 Å². The Kier molecular flexibility index (Phi) is 2.83. The molecule has 0 fully saturated rings. The summed E-state index contributed by atoms with van der Waals surface area (Å²) in [6.45, 7) is 2.26. The molecule has 3 N–H and O–H groups in total. The van der Waals surface area contributed by atoms with Crippen molar-refractivity contribution < 1.29 is 5.11 Å². The number of aromatic nitrogens is 2. The average molecular weight is 169 g/mol. The molecule has 0 bridgehead atoms. The first-order valence-electron chi connectivity index (χ1n) is 4.01. The molecule has 1 heterocycles. The molecule has 1 unspecified atom stereocenters. The van der Waals surface area contributed by atoms with Gasteiger partial charge in [0.15, 0.2) is 0 Å². The number of hydrogen-bond acceptors (Lipinski definition) is 3. The maximum Gasteiger partial charge on any atom is 0.0718 e. The van der Waals surface area contributed by atoms with Gasteiger partial charge in [0.1, 0.15) is 0 Å². The van der Waals surface area contributed by atoms with Crippen LogP contribution in [0, 0.1) is 6.92 Å². The van der Waals surface area contributed by atoms with Gasteiger partial charge in [-0.05, 0) is 13.0 Å². The van der Waals surface area contributed by atoms with Crippen LogP contribution in [0.5, 0.6) is 0 Å². The molecule has 0 radical (unpaired) electrons. The SMILES string of the molecule is Cc1cc(CC(O)CN)nn1C. The Bertz CT molecular complexity index is 237. The lowest BCUT2D eigenvalue weighted by atomic mass is 10.2. The fraction of sp³-hybridized carbons (Fsp3) is 0.625. The lowest BCUT2D eigenvalue weighted by molar-refractivity contribution is 0.182. The molecule has 1 aromatic rings. The summed E-state index contributed by atoms with van der Waals surface area (Å²) in [7, 11) is 1.88. The molecule has 1 rings (SSSR count). The summed E-state index contributed by atoms with van der Waals surface area (Å²) in [5.74, 6) is 0. The molecule has 1 atom stereocenters. The van der Waals surface area contributed by atoms with Crippen LogP contribution in [0.1, 0.15) is 11.4 Å². The topological polar surface area (TPSA) is 64.1 Å². The standard InChI is InChI=1S/C8H15N3O/c1-6-3-7(10-11(6)2)4-8(12)5-9/h3,8,12H,4-5,9H2,1-2H3. The van der Waals surface area contributed by atoms with Crippen LogP contribution in [0.25, 0.3) is 0 Å². The molecule has 0 aromatic carbocycles. The summed E-state index contributed by atoms with van der Waals surface area (Å²) in [5, 5.41) is 13.4. The van der Waals surface area contributed by atoms with E-state index in [1.807, 2.05) is 20.0 Å². The molecule has 0 aliphatic rings. The normalized spacial score (nSPS) is 13.3. The highest BCUT2D eigenvalue weighted by atomic mass is 16.3. The van der Waals surface area contributed by atoms with Gasteiger partial charge in [-0.25, -0.2) is 0 Å². The molecule has 0 saturated heterocycles. The molecule has 0 saturated carbocycles. The number of rotatable bonds is 3. The first kappa shape index (κ1) is 9.22. The van der Waals surface area contributed by atoms with Crippen LogP contribution in [0.4, 0.5) is 0 Å². The quantitative estimate of drug-likeness (QED) is 0.646. The first-order chi connectivity index (χ1) is 5.63. The lowest BCUT2D eigenvalue weighted by Gasteiger charge is -2.03. The van der Waals surface area contributed by atoms with Crippen molar-refractivity contribution in [3.63, 3.8) is 0 Å². The Morgan fingerprint density at radius 3 is 2.83 bits per heavy atom. The van der Waals surface area contributed by atoms with Crippen LogP contribution in [0.15, 0.2) is 6.07 Å². The summed E-state index contributed by atoms with van der Waals surface area (Å²) in [4.78, 5) is 0. The molecule has 4 heteroatoms. The third-order valence-corrected chi connectivity index (χ3v) is 1.88. The highest BCUT2D eigenvalue weighted by Crippen LogP contribution is 2.03. The van der Waals surface area contributed by atoms with Crippen molar-refractivity contribution in [3.05, 3.63) is 17.5 Å². The predicted molar refractivity (Wildman–Crippen MR) is 46.7 cm³/mol. The van der Waals surface area contributed by atoms with Gasteiger partial charge < -0.3 is 10.8 Å². The maximum absolute atomic E-state index is 9.24. The Labute approximate surface area is 72.0 Å². The zero-order chi connectivity index (χ0) is 9.14. The smallest absolute Gasteiger partial charge is 0.0718 e. The number of aliphatic hydroxyl groups is 1. The van der Waals surface area contributed by atoms with Gasteiger partial charge in [0.25, 0.3) is 0 Å². The number of hydrogen-bond donors (Lipinski definition) is 2. The van der Waals surface area contributed by atoms with E-state index >= 15 is 0 Å². The summed E-state index contributed by atoms with van der Waals surface area (Å²) < 4.78 is 1.79. The molecule has 68 valence electrons. The number of aryl methyl sites for hydroxylation is 2. The highest BCUT2D eigenvalue weighted by molar-refractivity contribution is 5.09. The molecule has 0 amide bonds. The minimum atomic E-state index is -0.473. The Hall–Kier alpha value is -0.870. The van der Waals surface area contributed by atoms with Crippen molar-refractivity contribution in [2.75, 3.05) is 6.54 Å². The van der Waals surface area contributed by atoms with Crippen molar-refractivity contribution in [2.45, 2.75) is 19.4 Å². The fourth-order valence-corrected chi connectivity index (χ4v) is 1.06. The van der Waals surface area contributed by atoms with Gasteiger partial charge in [0.2, 0.25) is 0 Å². The Morgan fingerprint density at radius 1 is 1.75 bits per heavy atom. The van der Waals surface area contributed by atoms with Crippen molar-refractivity contribution in [3.8, 4) is 0 Å². The van der Waals surface area contributed by atoms with Crippen LogP contribution in [-0.4, -0.2) is 27.5 Å². The first-order valence-corrected chi connectivity index (χ1v) is 4.01. The predicted octanol–water partition coefficient (Wildman–Crippen LogP) is -0.409. The minimum Gasteiger partial charge on any atom is -0.391 e. The molecule has 0 aliphatic heterocycles. The Morgan fingerprint density at radius 2 is 2.42 bits per heavy atom. The summed E-state index contributed by atoms with van der Waals surface area (Å²) in [6, 6.07) is 1.96. The van der Waals surface area contributed by atoms with Gasteiger partial charge in [-0.2, -0.15) is 5.10 Å². The molecule has 4 nitrogen and oxygen atoms in total. The largest absolute Gasteiger partial charge is 0.391 e. The van der Waals surface area contributed by atoms with E-state index in [2.05, 4.69) is 5.10 Å². The molecular weight excluding hydrogens is 154 g/mol. The molecule has 1 aromatic heterocycles. The number of aliphatic hydroxyl groups excluding tert-OH is 1. The van der Waals surface area contributed by atoms with E-state index in [1.165, 1.54) is 0 Å². The summed E-state index contributed by atoms with van der Waals surface area (Å²) in [5.41, 5.74) is 7.27. The zero-order valence-corrected chi connectivity index (χ0v) is 7.49. The third-order valence-electron chi connectivity index (χ3n) is 1.88. The minimum absolute atomic E-state index is 0.287. The van der Waals surface area contributed by atoms with Crippen molar-refractivity contribution in [2.24, 2.45) is 12.8 Å². The van der Waals surface area contributed by atoms with Gasteiger partial charge in [0, 0.05) is 25.7 Å². The van der Waals surface area contributed by atoms with Crippen LogP contribution >= 0.6 is 0 Å². The number of nitrogens with two attached hydrogens (primary N) is 1. The van der Waals surface area contributed by atoms with Gasteiger partial charge >= 0.3 is 0 Å². The fourth-order valence-electron chi connectivity index (χ4n) is 1.06. The van der Waals surface area contributed by atoms with Gasteiger partial charge in [-0.1, -0.05) is 0 Å². The molecular formula is C8H15N3O. The van der Waals surface area contributed by atoms with Crippen molar-refractivity contribution >= 4 is 0 Å². The van der Waals surface area contributed by atoms with E-state index in [0.29, 0.717) is 6.42 Å². The second-order valence-electron chi connectivity index (χ2n) is 2.99. The average Bonchev–Trinajstić information content (AvgIpc) is 2.31. The van der Waals surface area contributed by atoms with E-state index in [1.54, 1.807) is 4.68 Å². The highest BCUT2D eigenvalue weighted by Gasteiger charge is 2.06. The molecule has 0 spiro atoms. The summed E-state index contributed by atoms with van der Waals surface area (Å²) in [6.07, 6.45) is 0.0670. The van der Waals surface area contributed by atoms with Crippen molar-refractivity contribution in [1.29, 1.82) is 0 Å². The third kappa shape index (κ3) is 2.06. The summed E-state index contributed by atoms with van der Waals surface area (Å²) >= 11 is 0. The van der Waals surface area contributed by atoms with Gasteiger partial charge in [-0.15, -0.1) is 0 Å². The van der Waals surface area contributed by atoms with Gasteiger partial charge in [-0.3, -0.25) is 4.68 Å². The van der Waals surface area contributed by atoms with Crippen LogP contribution in [0.2, 0.25) is 0 Å². The second kappa shape index (κ2) is 3.69. The number of nitrogens with zero attached hydrogens (tertiary/aromatic N) is 2. The second-order valence-corrected chi connectivity index (χ2v) is 2.99. The van der Waals surface area contributed by atoms with E-state index in [4.69, 9.17) is 5.73 Å². The van der Waals surface area contributed by atoms with Crippen LogP contribution in [0.3, 0.4) is 0 Å². The van der Waals surface area contributed by atoms with E-state index in [9.17, 15) is 5.11 Å².